The molecule has 4 aromatic rings. The van der Waals surface area contributed by atoms with Crippen molar-refractivity contribution in [3.63, 3.8) is 0 Å². The van der Waals surface area contributed by atoms with Gasteiger partial charge >= 0.3 is 0 Å². The number of ether oxygens (including phenoxy) is 1. The van der Waals surface area contributed by atoms with Gasteiger partial charge in [-0.15, -0.1) is 0 Å². The number of nitrogens with zero attached hydrogens (tertiary/aromatic N) is 5. The monoisotopic (exact) mass is 470 g/mol. The SMILES string of the molecule is COc1ccc(Nc2nc(N/N=C/c3ccc(C)cc3)nc(Nc3ccc([N+](=O)[O-])cc3)n2)cc1. The van der Waals surface area contributed by atoms with E-state index in [4.69, 9.17) is 4.74 Å². The van der Waals surface area contributed by atoms with Crippen LogP contribution in [0.1, 0.15) is 11.1 Å². The summed E-state index contributed by atoms with van der Waals surface area (Å²) in [5.41, 5.74) is 6.20. The van der Waals surface area contributed by atoms with E-state index in [0.29, 0.717) is 5.69 Å². The first-order chi connectivity index (χ1) is 17.0. The van der Waals surface area contributed by atoms with Crippen LogP contribution in [-0.2, 0) is 0 Å². The standard InChI is InChI=1S/C24H22N8O3/c1-16-3-5-17(6-4-16)15-25-31-24-29-22(26-18-7-11-20(12-8-18)32(33)34)28-23(30-24)27-19-9-13-21(35-2)14-10-19/h3-15H,1-2H3,(H3,26,27,28,29,30,31)/b25-15+. The number of benzene rings is 3. The molecular formula is C24H22N8O3. The molecule has 0 fully saturated rings. The van der Waals surface area contributed by atoms with Crippen molar-refractivity contribution in [2.75, 3.05) is 23.2 Å². The zero-order chi connectivity index (χ0) is 24.6. The van der Waals surface area contributed by atoms with Crippen LogP contribution in [0.2, 0.25) is 0 Å². The molecular weight excluding hydrogens is 448 g/mol. The number of hydrogen-bond acceptors (Lipinski definition) is 10. The third kappa shape index (κ3) is 6.48. The minimum Gasteiger partial charge on any atom is -0.497 e. The molecule has 0 amide bonds. The molecule has 4 rings (SSSR count). The summed E-state index contributed by atoms with van der Waals surface area (Å²) in [6, 6.07) is 21.1. The number of non-ortho nitro benzene ring substituents is 1. The van der Waals surface area contributed by atoms with Gasteiger partial charge in [-0.25, -0.2) is 5.43 Å². The Morgan fingerprint density at radius 3 is 1.91 bits per heavy atom. The van der Waals surface area contributed by atoms with Crippen LogP contribution < -0.4 is 20.8 Å². The molecule has 11 nitrogen and oxygen atoms in total. The largest absolute Gasteiger partial charge is 0.497 e. The van der Waals surface area contributed by atoms with Crippen LogP contribution in [0.25, 0.3) is 0 Å². The van der Waals surface area contributed by atoms with Crippen molar-refractivity contribution >= 4 is 41.1 Å². The van der Waals surface area contributed by atoms with Crippen molar-refractivity contribution in [1.82, 2.24) is 15.0 Å². The van der Waals surface area contributed by atoms with E-state index in [0.717, 1.165) is 22.6 Å². The van der Waals surface area contributed by atoms with Gasteiger partial charge < -0.3 is 15.4 Å². The van der Waals surface area contributed by atoms with Gasteiger partial charge in [0.15, 0.2) is 0 Å². The lowest BCUT2D eigenvalue weighted by molar-refractivity contribution is -0.384. The van der Waals surface area contributed by atoms with E-state index in [-0.39, 0.29) is 23.5 Å². The smallest absolute Gasteiger partial charge is 0.269 e. The van der Waals surface area contributed by atoms with Crippen LogP contribution in [0, 0.1) is 17.0 Å². The van der Waals surface area contributed by atoms with Gasteiger partial charge in [-0.1, -0.05) is 29.8 Å². The molecule has 0 unspecified atom stereocenters. The first kappa shape index (κ1) is 23.1. The number of methoxy groups -OCH3 is 1. The maximum absolute atomic E-state index is 10.9. The molecule has 35 heavy (non-hydrogen) atoms. The third-order valence-electron chi connectivity index (χ3n) is 4.77. The summed E-state index contributed by atoms with van der Waals surface area (Å²) in [5, 5.41) is 21.3. The van der Waals surface area contributed by atoms with Crippen molar-refractivity contribution in [3.05, 3.63) is 94.0 Å². The Morgan fingerprint density at radius 1 is 0.829 bits per heavy atom. The molecule has 11 heteroatoms. The Bertz CT molecular complexity index is 1320. The minimum atomic E-state index is -0.461. The van der Waals surface area contributed by atoms with Crippen LogP contribution in [0.15, 0.2) is 77.9 Å². The van der Waals surface area contributed by atoms with E-state index >= 15 is 0 Å². The number of hydrazone groups is 1. The number of hydrogen-bond donors (Lipinski definition) is 3. The molecule has 0 atom stereocenters. The highest BCUT2D eigenvalue weighted by Crippen LogP contribution is 2.22. The van der Waals surface area contributed by atoms with E-state index in [1.165, 1.54) is 12.1 Å². The summed E-state index contributed by atoms with van der Waals surface area (Å²) in [6.45, 7) is 2.01. The fourth-order valence-electron chi connectivity index (χ4n) is 2.95. The van der Waals surface area contributed by atoms with Gasteiger partial charge in [0.05, 0.1) is 18.2 Å². The van der Waals surface area contributed by atoms with Crippen LogP contribution >= 0.6 is 0 Å². The number of rotatable bonds is 9. The van der Waals surface area contributed by atoms with Crippen molar-refractivity contribution in [1.29, 1.82) is 0 Å². The molecule has 176 valence electrons. The number of aromatic nitrogens is 3. The topological polar surface area (TPSA) is 139 Å². The number of aryl methyl sites for hydroxylation is 1. The van der Waals surface area contributed by atoms with Crippen LogP contribution in [0.4, 0.5) is 34.9 Å². The lowest BCUT2D eigenvalue weighted by atomic mass is 10.2. The van der Waals surface area contributed by atoms with Crippen molar-refractivity contribution in [2.24, 2.45) is 5.10 Å². The summed E-state index contributed by atoms with van der Waals surface area (Å²) in [7, 11) is 1.60. The Morgan fingerprint density at radius 2 is 1.37 bits per heavy atom. The molecule has 0 radical (unpaired) electrons. The summed E-state index contributed by atoms with van der Waals surface area (Å²) in [4.78, 5) is 23.6. The average Bonchev–Trinajstić information content (AvgIpc) is 2.86. The molecule has 0 aliphatic carbocycles. The Kier molecular flexibility index (Phi) is 7.07. The highest BCUT2D eigenvalue weighted by atomic mass is 16.6. The predicted octanol–water partition coefficient (Wildman–Crippen LogP) is 5.03. The number of nitro groups is 1. The summed E-state index contributed by atoms with van der Waals surface area (Å²) in [5.74, 6) is 1.41. The summed E-state index contributed by atoms with van der Waals surface area (Å²) in [6.07, 6.45) is 1.66. The maximum atomic E-state index is 10.9. The van der Waals surface area contributed by atoms with Gasteiger partial charge in [-0.2, -0.15) is 20.1 Å². The van der Waals surface area contributed by atoms with Crippen molar-refractivity contribution in [3.8, 4) is 5.75 Å². The number of nitro benzene ring substituents is 1. The van der Waals surface area contributed by atoms with E-state index in [1.807, 2.05) is 55.5 Å². The highest BCUT2D eigenvalue weighted by Gasteiger charge is 2.09. The molecule has 1 aromatic heterocycles. The zero-order valence-electron chi connectivity index (χ0n) is 19.0. The summed E-state index contributed by atoms with van der Waals surface area (Å²) >= 11 is 0. The van der Waals surface area contributed by atoms with Gasteiger partial charge in [-0.05, 0) is 48.9 Å². The van der Waals surface area contributed by atoms with Crippen molar-refractivity contribution < 1.29 is 9.66 Å². The normalized spacial score (nSPS) is 10.7. The predicted molar refractivity (Wildman–Crippen MR) is 135 cm³/mol. The second-order valence-electron chi connectivity index (χ2n) is 7.37. The van der Waals surface area contributed by atoms with Gasteiger partial charge in [-0.3, -0.25) is 10.1 Å². The average molecular weight is 470 g/mol. The molecule has 0 bridgehead atoms. The van der Waals surface area contributed by atoms with Crippen LogP contribution in [0.5, 0.6) is 5.75 Å². The van der Waals surface area contributed by atoms with Gasteiger partial charge in [0, 0.05) is 23.5 Å². The van der Waals surface area contributed by atoms with Gasteiger partial charge in [0.2, 0.25) is 17.8 Å². The quantitative estimate of drug-likeness (QED) is 0.174. The zero-order valence-corrected chi connectivity index (χ0v) is 19.0. The lowest BCUT2D eigenvalue weighted by Crippen LogP contribution is -2.07. The molecule has 1 heterocycles. The van der Waals surface area contributed by atoms with E-state index in [9.17, 15) is 10.1 Å². The van der Waals surface area contributed by atoms with Crippen LogP contribution in [0.3, 0.4) is 0 Å². The Labute approximate surface area is 201 Å². The molecule has 3 N–H and O–H groups in total. The Balaban J connectivity index is 1.57. The van der Waals surface area contributed by atoms with Crippen molar-refractivity contribution in [2.45, 2.75) is 6.92 Å². The second kappa shape index (κ2) is 10.7. The Hall–Kier alpha value is -5.06. The van der Waals surface area contributed by atoms with E-state index < -0.39 is 4.92 Å². The fourth-order valence-corrected chi connectivity index (χ4v) is 2.95. The molecule has 0 spiro atoms. The number of nitrogens with one attached hydrogen (secondary N) is 3. The summed E-state index contributed by atoms with van der Waals surface area (Å²) < 4.78 is 5.19. The first-order valence-electron chi connectivity index (χ1n) is 10.5. The molecule has 3 aromatic carbocycles. The first-order valence-corrected chi connectivity index (χ1v) is 10.5. The fraction of sp³-hybridized carbons (Fsp3) is 0.0833. The third-order valence-corrected chi connectivity index (χ3v) is 4.77. The maximum Gasteiger partial charge on any atom is 0.269 e. The minimum absolute atomic E-state index is 0.0131. The van der Waals surface area contributed by atoms with E-state index in [2.05, 4.69) is 36.1 Å². The molecule has 0 saturated heterocycles. The van der Waals surface area contributed by atoms with Gasteiger partial charge in [0.25, 0.3) is 5.69 Å². The van der Waals surface area contributed by atoms with Gasteiger partial charge in [0.1, 0.15) is 5.75 Å². The second-order valence-corrected chi connectivity index (χ2v) is 7.37. The number of anilines is 5. The highest BCUT2D eigenvalue weighted by molar-refractivity contribution is 5.80. The van der Waals surface area contributed by atoms with E-state index in [1.54, 1.807) is 25.5 Å². The molecule has 0 aliphatic heterocycles. The lowest BCUT2D eigenvalue weighted by Gasteiger charge is -2.10. The van der Waals surface area contributed by atoms with Crippen LogP contribution in [-0.4, -0.2) is 33.2 Å². The molecule has 0 aliphatic rings. The molecule has 0 saturated carbocycles.